The van der Waals surface area contributed by atoms with E-state index in [1.807, 2.05) is 6.92 Å². The van der Waals surface area contributed by atoms with Gasteiger partial charge in [-0.1, -0.05) is 25.2 Å². The van der Waals surface area contributed by atoms with E-state index in [0.717, 1.165) is 29.9 Å². The third-order valence-corrected chi connectivity index (χ3v) is 5.05. The number of aromatic nitrogens is 2. The summed E-state index contributed by atoms with van der Waals surface area (Å²) in [5.74, 6) is 0.234. The van der Waals surface area contributed by atoms with E-state index < -0.39 is 12.1 Å². The first-order valence-corrected chi connectivity index (χ1v) is 12.4. The first kappa shape index (κ1) is 17.4. The van der Waals surface area contributed by atoms with E-state index in [0.29, 0.717) is 5.16 Å². The Hall–Kier alpha value is 0.370. The molecule has 8 N–H and O–H groups in total. The van der Waals surface area contributed by atoms with Crippen LogP contribution in [0.2, 0.25) is 0 Å². The minimum Gasteiger partial charge on any atom is -0.423 e. The summed E-state index contributed by atoms with van der Waals surface area (Å²) in [5, 5.41) is 0.359. The van der Waals surface area contributed by atoms with Gasteiger partial charge < -0.3 is 4.52 Å². The highest BCUT2D eigenvalue weighted by Crippen LogP contribution is 2.47. The van der Waals surface area contributed by atoms with Crippen molar-refractivity contribution in [2.24, 2.45) is 22.0 Å². The Morgan fingerprint density at radius 1 is 1.26 bits per heavy atom. The highest BCUT2D eigenvalue weighted by Gasteiger charge is 2.14. The summed E-state index contributed by atoms with van der Waals surface area (Å²) in [6.45, 7) is -0.813. The molecule has 0 aliphatic heterocycles. The Morgan fingerprint density at radius 2 is 1.89 bits per heavy atom. The summed E-state index contributed by atoms with van der Waals surface area (Å²) in [4.78, 5) is 8.43. The predicted molar refractivity (Wildman–Crippen MR) is 87.8 cm³/mol. The van der Waals surface area contributed by atoms with Gasteiger partial charge in [-0.3, -0.25) is 22.0 Å². The van der Waals surface area contributed by atoms with Gasteiger partial charge in [0.1, 0.15) is 5.54 Å². The molecule has 0 saturated heterocycles. The summed E-state index contributed by atoms with van der Waals surface area (Å²) in [6.07, 6.45) is 1.67. The fourth-order valence-electron chi connectivity index (χ4n) is 1.19. The molecular formula is C7H16N6OP2S3. The van der Waals surface area contributed by atoms with E-state index in [1.165, 1.54) is 0 Å². The van der Waals surface area contributed by atoms with Crippen molar-refractivity contribution in [2.75, 3.05) is 0 Å². The minimum absolute atomic E-state index is 0.234. The lowest BCUT2D eigenvalue weighted by molar-refractivity contribution is 0.567. The van der Waals surface area contributed by atoms with Gasteiger partial charge in [-0.25, -0.2) is 4.98 Å². The first-order chi connectivity index (χ1) is 8.59. The van der Waals surface area contributed by atoms with Crippen molar-refractivity contribution < 1.29 is 4.52 Å². The molecule has 0 aromatic carbocycles. The standard InChI is InChI=1S/C7H16N6OP2S3/c1-2-3-5-4-6(14-15(8,9)17)13-7(12-5)19-16(10,11)18/h4H,2-3H2,1H3,(H4,8,9,17)(H4,10,11,18). The normalized spacial score (nSPS) is 12.5. The maximum atomic E-state index is 5.65. The molecule has 0 fully saturated rings. The van der Waals surface area contributed by atoms with Gasteiger partial charge in [-0.05, 0) is 29.6 Å². The molecule has 1 aromatic heterocycles. The molecule has 0 saturated carbocycles. The quantitative estimate of drug-likeness (QED) is 0.433. The molecular weight excluding hydrogens is 342 g/mol. The molecule has 0 atom stereocenters. The molecule has 19 heavy (non-hydrogen) atoms. The SMILES string of the molecule is CCCc1cc(OP(N)(N)=S)nc(SP(N)(N)=S)n1. The van der Waals surface area contributed by atoms with Crippen molar-refractivity contribution in [1.82, 2.24) is 9.97 Å². The average Bonchev–Trinajstić information content (AvgIpc) is 2.11. The molecule has 0 bridgehead atoms. The van der Waals surface area contributed by atoms with Crippen LogP contribution in [0.4, 0.5) is 0 Å². The van der Waals surface area contributed by atoms with Crippen LogP contribution in [0.5, 0.6) is 5.88 Å². The molecule has 0 spiro atoms. The number of hydrogen-bond acceptors (Lipinski definition) is 6. The van der Waals surface area contributed by atoms with E-state index in [1.54, 1.807) is 6.07 Å². The predicted octanol–water partition coefficient (Wildman–Crippen LogP) is 1.18. The molecule has 0 aliphatic rings. The van der Waals surface area contributed by atoms with Crippen LogP contribution in [-0.2, 0) is 30.0 Å². The number of hydrogen-bond donors (Lipinski definition) is 4. The van der Waals surface area contributed by atoms with E-state index in [4.69, 9.17) is 50.2 Å². The number of nitrogens with two attached hydrogens (primary N) is 4. The number of aryl methyl sites for hydroxylation is 1. The van der Waals surface area contributed by atoms with Gasteiger partial charge in [0.2, 0.25) is 12.4 Å². The lowest BCUT2D eigenvalue weighted by Crippen LogP contribution is -2.12. The first-order valence-electron chi connectivity index (χ1n) is 5.20. The monoisotopic (exact) mass is 358 g/mol. The van der Waals surface area contributed by atoms with Gasteiger partial charge in [0.05, 0.1) is 0 Å². The van der Waals surface area contributed by atoms with Crippen molar-refractivity contribution in [2.45, 2.75) is 24.9 Å². The highest BCUT2D eigenvalue weighted by atomic mass is 32.9. The zero-order valence-electron chi connectivity index (χ0n) is 10.2. The van der Waals surface area contributed by atoms with Crippen molar-refractivity contribution >= 4 is 47.1 Å². The lowest BCUT2D eigenvalue weighted by Gasteiger charge is -2.14. The second kappa shape index (κ2) is 6.89. The maximum absolute atomic E-state index is 5.65. The second-order valence-electron chi connectivity index (χ2n) is 3.70. The van der Waals surface area contributed by atoms with Gasteiger partial charge in [0, 0.05) is 11.8 Å². The van der Waals surface area contributed by atoms with Gasteiger partial charge in [-0.15, -0.1) is 0 Å². The molecule has 7 nitrogen and oxygen atoms in total. The second-order valence-corrected chi connectivity index (χ2v) is 13.6. The van der Waals surface area contributed by atoms with Crippen LogP contribution in [0.15, 0.2) is 11.2 Å². The van der Waals surface area contributed by atoms with E-state index >= 15 is 0 Å². The van der Waals surface area contributed by atoms with Crippen molar-refractivity contribution in [3.8, 4) is 5.88 Å². The van der Waals surface area contributed by atoms with Crippen LogP contribution in [0.1, 0.15) is 19.0 Å². The summed E-state index contributed by atoms with van der Waals surface area (Å²) in [5.41, 5.74) is 20.6. The molecule has 108 valence electrons. The van der Waals surface area contributed by atoms with Crippen LogP contribution in [0, 0.1) is 0 Å². The molecule has 1 rings (SSSR count). The zero-order valence-corrected chi connectivity index (χ0v) is 14.5. The average molecular weight is 358 g/mol. The Labute approximate surface area is 126 Å². The van der Waals surface area contributed by atoms with Gasteiger partial charge in [0.15, 0.2) is 5.16 Å². The lowest BCUT2D eigenvalue weighted by atomic mass is 10.2. The van der Waals surface area contributed by atoms with Crippen LogP contribution < -0.4 is 26.5 Å². The molecule has 1 heterocycles. The van der Waals surface area contributed by atoms with Crippen LogP contribution in [0.3, 0.4) is 0 Å². The Balaban J connectivity index is 3.10. The van der Waals surface area contributed by atoms with Gasteiger partial charge in [0.25, 0.3) is 0 Å². The van der Waals surface area contributed by atoms with E-state index in [-0.39, 0.29) is 5.88 Å². The summed E-state index contributed by atoms with van der Waals surface area (Å²) in [6, 6.07) is 1.66. The molecule has 0 amide bonds. The van der Waals surface area contributed by atoms with Gasteiger partial charge >= 0.3 is 0 Å². The largest absolute Gasteiger partial charge is 0.423 e. The Morgan fingerprint density at radius 3 is 2.37 bits per heavy atom. The minimum atomic E-state index is -2.84. The third-order valence-electron chi connectivity index (χ3n) is 1.70. The highest BCUT2D eigenvalue weighted by molar-refractivity contribution is 8.69. The van der Waals surface area contributed by atoms with Crippen molar-refractivity contribution in [3.63, 3.8) is 0 Å². The van der Waals surface area contributed by atoms with E-state index in [2.05, 4.69) is 9.97 Å². The summed E-state index contributed by atoms with van der Waals surface area (Å²) >= 11 is 10.9. The van der Waals surface area contributed by atoms with Gasteiger partial charge in [-0.2, -0.15) is 4.98 Å². The molecule has 12 heteroatoms. The summed E-state index contributed by atoms with van der Waals surface area (Å²) in [7, 11) is 0. The van der Waals surface area contributed by atoms with Crippen LogP contribution in [-0.4, -0.2) is 9.97 Å². The fraction of sp³-hybridized carbons (Fsp3) is 0.429. The number of nitrogens with zero attached hydrogens (tertiary/aromatic N) is 2. The molecule has 0 radical (unpaired) electrons. The third kappa shape index (κ3) is 7.65. The van der Waals surface area contributed by atoms with Crippen molar-refractivity contribution in [1.29, 1.82) is 0 Å². The van der Waals surface area contributed by atoms with E-state index in [9.17, 15) is 0 Å². The molecule has 0 unspecified atom stereocenters. The molecule has 1 aromatic rings. The number of rotatable bonds is 6. The topological polar surface area (TPSA) is 139 Å². The van der Waals surface area contributed by atoms with Crippen molar-refractivity contribution in [3.05, 3.63) is 11.8 Å². The smallest absolute Gasteiger partial charge is 0.244 e. The zero-order chi connectivity index (χ0) is 14.7. The fourth-order valence-corrected chi connectivity index (χ4v) is 3.96. The maximum Gasteiger partial charge on any atom is 0.244 e. The van der Waals surface area contributed by atoms with Crippen LogP contribution >= 0.6 is 23.5 Å². The van der Waals surface area contributed by atoms with Crippen LogP contribution in [0.25, 0.3) is 0 Å². The Bertz CT molecular complexity index is 501. The summed E-state index contributed by atoms with van der Waals surface area (Å²) < 4.78 is 5.26. The Kier molecular flexibility index (Phi) is 6.31. The molecule has 0 aliphatic carbocycles.